The molecule has 0 aromatic heterocycles. The normalized spacial score (nSPS) is 45.7. The van der Waals surface area contributed by atoms with E-state index in [-0.39, 0.29) is 18.1 Å². The summed E-state index contributed by atoms with van der Waals surface area (Å²) in [5.41, 5.74) is -2.91. The van der Waals surface area contributed by atoms with Crippen LogP contribution >= 0.6 is 0 Å². The van der Waals surface area contributed by atoms with Gasteiger partial charge in [-0.3, -0.25) is 19.2 Å². The van der Waals surface area contributed by atoms with Crippen molar-refractivity contribution < 1.29 is 43.6 Å². The molecule has 4 saturated carbocycles. The summed E-state index contributed by atoms with van der Waals surface area (Å²) in [6.07, 6.45) is -4.41. The Labute approximate surface area is 205 Å². The molecule has 10 atom stereocenters. The summed E-state index contributed by atoms with van der Waals surface area (Å²) < 4.78 is 17.1. The van der Waals surface area contributed by atoms with Crippen molar-refractivity contribution in [2.45, 2.75) is 91.3 Å². The lowest BCUT2D eigenvalue weighted by Gasteiger charge is -2.68. The van der Waals surface area contributed by atoms with Gasteiger partial charge in [-0.05, 0) is 36.2 Å². The Morgan fingerprint density at radius 1 is 0.914 bits per heavy atom. The molecule has 4 rings (SSSR count). The third-order valence-corrected chi connectivity index (χ3v) is 9.27. The van der Waals surface area contributed by atoms with E-state index in [1.54, 1.807) is 0 Å². The Kier molecular flexibility index (Phi) is 6.00. The number of carbonyl (C=O) groups excluding carboxylic acids is 4. The van der Waals surface area contributed by atoms with Crippen LogP contribution in [0.25, 0.3) is 0 Å². The number of ketones is 1. The number of ether oxygens (including phenoxy) is 3. The van der Waals surface area contributed by atoms with Crippen LogP contribution in [0, 0.1) is 34.0 Å². The van der Waals surface area contributed by atoms with E-state index in [1.165, 1.54) is 20.8 Å². The van der Waals surface area contributed by atoms with Crippen LogP contribution in [0.4, 0.5) is 0 Å². The zero-order valence-corrected chi connectivity index (χ0v) is 21.2. The number of allylic oxidation sites excluding steroid dienone is 1. The quantitative estimate of drug-likeness (QED) is 0.343. The highest BCUT2D eigenvalue weighted by Crippen LogP contribution is 2.71. The summed E-state index contributed by atoms with van der Waals surface area (Å²) in [6.45, 7) is 13.3. The fourth-order valence-corrected chi connectivity index (χ4v) is 8.65. The van der Waals surface area contributed by atoms with Crippen LogP contribution in [0.3, 0.4) is 0 Å². The minimum atomic E-state index is -1.39. The molecule has 4 aliphatic rings. The first-order valence-electron chi connectivity index (χ1n) is 12.2. The largest absolute Gasteiger partial charge is 0.459 e. The molecule has 0 aromatic carbocycles. The van der Waals surface area contributed by atoms with Crippen molar-refractivity contribution in [2.24, 2.45) is 34.0 Å². The molecule has 1 spiro atoms. The van der Waals surface area contributed by atoms with Crippen molar-refractivity contribution in [2.75, 3.05) is 0 Å². The molecule has 194 valence electrons. The maximum Gasteiger partial charge on any atom is 0.303 e. The van der Waals surface area contributed by atoms with Gasteiger partial charge in [-0.2, -0.15) is 0 Å². The average Bonchev–Trinajstić information content (AvgIpc) is 2.89. The zero-order chi connectivity index (χ0) is 26.2. The monoisotopic (exact) mass is 492 g/mol. The molecular formula is C26H36O9. The minimum absolute atomic E-state index is 0.150. The Bertz CT molecular complexity index is 985. The Morgan fingerprint density at radius 2 is 1.49 bits per heavy atom. The number of carbonyl (C=O) groups is 4. The first kappa shape index (κ1) is 25.8. The Balaban J connectivity index is 1.95. The van der Waals surface area contributed by atoms with E-state index >= 15 is 0 Å². The van der Waals surface area contributed by atoms with Gasteiger partial charge in [-0.25, -0.2) is 0 Å². The van der Waals surface area contributed by atoms with Crippen LogP contribution in [0.1, 0.15) is 60.8 Å². The van der Waals surface area contributed by atoms with Crippen LogP contribution in [-0.4, -0.2) is 64.4 Å². The van der Waals surface area contributed by atoms with Crippen molar-refractivity contribution in [3.63, 3.8) is 0 Å². The minimum Gasteiger partial charge on any atom is -0.459 e. The van der Waals surface area contributed by atoms with Crippen LogP contribution in [0.2, 0.25) is 0 Å². The first-order chi connectivity index (χ1) is 16.1. The standard InChI is InChI=1S/C26H36O9/c1-11-15-8-16(30)19-25(7)10-17(33-12(2)27)23(35-14(4)29)24(5,6)20(25)18(34-13(3)28)22(32)26(19,9-15)21(11)31/h15-20,22-23,30,32H,1,8-10H2,2-7H3/t15-,16-,17-,18+,19-,20+,22-,23-,25-,26-/m0/s1. The van der Waals surface area contributed by atoms with Crippen molar-refractivity contribution in [3.8, 4) is 0 Å². The molecule has 9 heteroatoms. The predicted molar refractivity (Wildman–Crippen MR) is 121 cm³/mol. The fraction of sp³-hybridized carbons (Fsp3) is 0.769. The van der Waals surface area contributed by atoms with Gasteiger partial charge in [0.25, 0.3) is 0 Å². The van der Waals surface area contributed by atoms with E-state index in [2.05, 4.69) is 6.58 Å². The van der Waals surface area contributed by atoms with Crippen molar-refractivity contribution in [1.29, 1.82) is 0 Å². The van der Waals surface area contributed by atoms with Crippen molar-refractivity contribution in [3.05, 3.63) is 12.2 Å². The van der Waals surface area contributed by atoms with E-state index in [9.17, 15) is 29.4 Å². The summed E-state index contributed by atoms with van der Waals surface area (Å²) in [6, 6.07) is 0. The van der Waals surface area contributed by atoms with Crippen LogP contribution in [0.15, 0.2) is 12.2 Å². The summed E-state index contributed by atoms with van der Waals surface area (Å²) in [4.78, 5) is 50.1. The topological polar surface area (TPSA) is 136 Å². The molecule has 0 saturated heterocycles. The SMILES string of the molecule is C=C1C(=O)[C@]23C[C@@H]1C[C@H](O)[C@H]2[C@]1(C)C[C@H](OC(C)=O)[C@H](OC(C)=O)C(C)(C)[C@H]1[C@@H](OC(C)=O)[C@@H]3O. The molecule has 2 N–H and O–H groups in total. The molecule has 0 unspecified atom stereocenters. The third kappa shape index (κ3) is 3.49. The second kappa shape index (κ2) is 8.13. The van der Waals surface area contributed by atoms with Crippen molar-refractivity contribution >= 4 is 23.7 Å². The number of hydrogen-bond donors (Lipinski definition) is 2. The number of rotatable bonds is 3. The molecule has 2 bridgehead atoms. The maximum absolute atomic E-state index is 13.7. The van der Waals surface area contributed by atoms with Gasteiger partial charge in [-0.1, -0.05) is 27.4 Å². The van der Waals surface area contributed by atoms with Crippen LogP contribution < -0.4 is 0 Å². The van der Waals surface area contributed by atoms with Crippen LogP contribution in [-0.2, 0) is 33.4 Å². The summed E-state index contributed by atoms with van der Waals surface area (Å²) in [7, 11) is 0. The van der Waals surface area contributed by atoms with Crippen molar-refractivity contribution in [1.82, 2.24) is 0 Å². The molecule has 4 fully saturated rings. The molecule has 35 heavy (non-hydrogen) atoms. The first-order valence-corrected chi connectivity index (χ1v) is 12.2. The molecule has 0 amide bonds. The second-order valence-electron chi connectivity index (χ2n) is 11.8. The number of aliphatic hydroxyl groups excluding tert-OH is 2. The molecule has 0 aromatic rings. The molecule has 0 aliphatic heterocycles. The van der Waals surface area contributed by atoms with Gasteiger partial charge in [0.2, 0.25) is 0 Å². The van der Waals surface area contributed by atoms with Gasteiger partial charge < -0.3 is 24.4 Å². The van der Waals surface area contributed by atoms with Gasteiger partial charge in [0.15, 0.2) is 5.78 Å². The van der Waals surface area contributed by atoms with Gasteiger partial charge in [0.05, 0.1) is 11.5 Å². The number of Topliss-reactive ketones (excluding diaryl/α,β-unsaturated/α-hetero) is 1. The van der Waals surface area contributed by atoms with Gasteiger partial charge in [-0.15, -0.1) is 0 Å². The second-order valence-corrected chi connectivity index (χ2v) is 11.8. The number of aliphatic hydroxyl groups is 2. The lowest BCUT2D eigenvalue weighted by atomic mass is 9.38. The summed E-state index contributed by atoms with van der Waals surface area (Å²) in [5, 5.41) is 23.3. The maximum atomic E-state index is 13.7. The van der Waals surface area contributed by atoms with Gasteiger partial charge >= 0.3 is 17.9 Å². The summed E-state index contributed by atoms with van der Waals surface area (Å²) >= 11 is 0. The van der Waals surface area contributed by atoms with Gasteiger partial charge in [0.1, 0.15) is 24.4 Å². The van der Waals surface area contributed by atoms with E-state index in [0.717, 1.165) is 0 Å². The average molecular weight is 493 g/mol. The lowest BCUT2D eigenvalue weighted by Crippen LogP contribution is -2.75. The highest BCUT2D eigenvalue weighted by Gasteiger charge is 2.77. The number of fused-ring (bicyclic) bond motifs is 3. The van der Waals surface area contributed by atoms with E-state index in [0.29, 0.717) is 18.4 Å². The van der Waals surface area contributed by atoms with E-state index in [4.69, 9.17) is 14.2 Å². The molecular weight excluding hydrogens is 456 g/mol. The summed E-state index contributed by atoms with van der Waals surface area (Å²) in [5.74, 6) is -3.65. The lowest BCUT2D eigenvalue weighted by molar-refractivity contribution is -0.298. The predicted octanol–water partition coefficient (Wildman–Crippen LogP) is 1.72. The highest BCUT2D eigenvalue weighted by atomic mass is 16.6. The fourth-order valence-electron chi connectivity index (χ4n) is 8.65. The van der Waals surface area contributed by atoms with E-state index in [1.807, 2.05) is 20.8 Å². The van der Waals surface area contributed by atoms with E-state index < -0.39 is 76.5 Å². The number of hydrogen-bond acceptors (Lipinski definition) is 9. The Hall–Kier alpha value is -2.26. The van der Waals surface area contributed by atoms with Gasteiger partial charge in [0, 0.05) is 38.0 Å². The Morgan fingerprint density at radius 3 is 2.03 bits per heavy atom. The zero-order valence-electron chi connectivity index (χ0n) is 21.2. The third-order valence-electron chi connectivity index (χ3n) is 9.27. The molecule has 0 heterocycles. The number of esters is 3. The highest BCUT2D eigenvalue weighted by molar-refractivity contribution is 6.03. The molecule has 9 nitrogen and oxygen atoms in total. The smallest absolute Gasteiger partial charge is 0.303 e. The van der Waals surface area contributed by atoms with Crippen LogP contribution in [0.5, 0.6) is 0 Å². The molecule has 0 radical (unpaired) electrons. The molecule has 4 aliphatic carbocycles.